The molecule has 23 heavy (non-hydrogen) atoms. The SMILES string of the molecule is CC(=O)[C@H]1CC[C@H]2[C@@H]3C=CC4=CC(O)CC[C@]4(C)[C@H]3CC[C@]12C. The van der Waals surface area contributed by atoms with E-state index < -0.39 is 0 Å². The smallest absolute Gasteiger partial charge is 0.133 e. The molecule has 0 heterocycles. The summed E-state index contributed by atoms with van der Waals surface area (Å²) in [5, 5.41) is 10.00. The van der Waals surface area contributed by atoms with Gasteiger partial charge in [-0.05, 0) is 79.6 Å². The molecule has 7 atom stereocenters. The van der Waals surface area contributed by atoms with Gasteiger partial charge < -0.3 is 5.11 Å². The summed E-state index contributed by atoms with van der Waals surface area (Å²) in [6.45, 7) is 6.61. The number of aliphatic hydroxyl groups excluding tert-OH is 1. The third-order valence-electron chi connectivity index (χ3n) is 8.13. The first-order valence-electron chi connectivity index (χ1n) is 9.45. The summed E-state index contributed by atoms with van der Waals surface area (Å²) in [6, 6.07) is 0. The monoisotopic (exact) mass is 314 g/mol. The number of hydrogen-bond donors (Lipinski definition) is 1. The molecule has 2 fully saturated rings. The van der Waals surface area contributed by atoms with Crippen molar-refractivity contribution in [2.75, 3.05) is 0 Å². The zero-order chi connectivity index (χ0) is 16.4. The van der Waals surface area contributed by atoms with Gasteiger partial charge in [-0.2, -0.15) is 0 Å². The minimum Gasteiger partial charge on any atom is -0.389 e. The Bertz CT molecular complexity index is 589. The zero-order valence-electron chi connectivity index (χ0n) is 14.7. The van der Waals surface area contributed by atoms with Gasteiger partial charge in [-0.15, -0.1) is 0 Å². The van der Waals surface area contributed by atoms with E-state index in [1.807, 2.05) is 0 Å². The molecule has 2 nitrogen and oxygen atoms in total. The van der Waals surface area contributed by atoms with Crippen LogP contribution in [0.5, 0.6) is 0 Å². The molecule has 0 radical (unpaired) electrons. The summed E-state index contributed by atoms with van der Waals surface area (Å²) in [5.74, 6) is 2.66. The van der Waals surface area contributed by atoms with Crippen LogP contribution in [0.2, 0.25) is 0 Å². The first-order valence-corrected chi connectivity index (χ1v) is 9.45. The maximum atomic E-state index is 12.1. The number of hydrogen-bond acceptors (Lipinski definition) is 2. The van der Waals surface area contributed by atoms with E-state index in [9.17, 15) is 9.90 Å². The number of aliphatic hydroxyl groups is 1. The van der Waals surface area contributed by atoms with E-state index in [4.69, 9.17) is 0 Å². The summed E-state index contributed by atoms with van der Waals surface area (Å²) in [7, 11) is 0. The fourth-order valence-corrected chi connectivity index (χ4v) is 6.81. The van der Waals surface area contributed by atoms with Crippen molar-refractivity contribution < 1.29 is 9.90 Å². The fraction of sp³-hybridized carbons (Fsp3) is 0.762. The second-order valence-electron chi connectivity index (χ2n) is 9.08. The van der Waals surface area contributed by atoms with Crippen LogP contribution < -0.4 is 0 Å². The molecule has 0 aromatic carbocycles. The van der Waals surface area contributed by atoms with Crippen LogP contribution in [0.4, 0.5) is 0 Å². The van der Waals surface area contributed by atoms with Crippen molar-refractivity contribution in [3.8, 4) is 0 Å². The molecule has 4 aliphatic carbocycles. The third kappa shape index (κ3) is 2.06. The summed E-state index contributed by atoms with van der Waals surface area (Å²) >= 11 is 0. The van der Waals surface area contributed by atoms with E-state index >= 15 is 0 Å². The van der Waals surface area contributed by atoms with Crippen LogP contribution in [0.3, 0.4) is 0 Å². The average molecular weight is 314 g/mol. The first-order chi connectivity index (χ1) is 10.9. The van der Waals surface area contributed by atoms with E-state index in [2.05, 4.69) is 32.1 Å². The van der Waals surface area contributed by atoms with Crippen LogP contribution in [0, 0.1) is 34.5 Å². The fourth-order valence-electron chi connectivity index (χ4n) is 6.81. The van der Waals surface area contributed by atoms with Crippen LogP contribution in [0.25, 0.3) is 0 Å². The van der Waals surface area contributed by atoms with Gasteiger partial charge >= 0.3 is 0 Å². The Hall–Kier alpha value is -0.890. The number of rotatable bonds is 1. The van der Waals surface area contributed by atoms with Gasteiger partial charge in [0.05, 0.1) is 6.10 Å². The highest BCUT2D eigenvalue weighted by Gasteiger charge is 2.58. The molecule has 1 unspecified atom stereocenters. The highest BCUT2D eigenvalue weighted by atomic mass is 16.3. The molecular weight excluding hydrogens is 284 g/mol. The lowest BCUT2D eigenvalue weighted by molar-refractivity contribution is -0.126. The van der Waals surface area contributed by atoms with Gasteiger partial charge in [-0.25, -0.2) is 0 Å². The zero-order valence-corrected chi connectivity index (χ0v) is 14.7. The highest BCUT2D eigenvalue weighted by Crippen LogP contribution is 2.65. The van der Waals surface area contributed by atoms with Crippen LogP contribution >= 0.6 is 0 Å². The molecule has 0 aromatic heterocycles. The summed E-state index contributed by atoms with van der Waals surface area (Å²) in [4.78, 5) is 12.1. The third-order valence-corrected chi connectivity index (χ3v) is 8.13. The Kier molecular flexibility index (Phi) is 3.43. The number of allylic oxidation sites excluding steroid dienone is 3. The second kappa shape index (κ2) is 5.05. The summed E-state index contributed by atoms with van der Waals surface area (Å²) in [5.41, 5.74) is 1.81. The van der Waals surface area contributed by atoms with Gasteiger partial charge in [-0.1, -0.05) is 32.1 Å². The van der Waals surface area contributed by atoms with E-state index in [0.717, 1.165) is 19.3 Å². The number of Topliss-reactive ketones (excluding diaryl/α,β-unsaturated/α-hetero) is 1. The van der Waals surface area contributed by atoms with Crippen molar-refractivity contribution in [3.05, 3.63) is 23.8 Å². The minimum atomic E-state index is -0.262. The van der Waals surface area contributed by atoms with E-state index in [0.29, 0.717) is 23.5 Å². The lowest BCUT2D eigenvalue weighted by Crippen LogP contribution is -2.49. The summed E-state index contributed by atoms with van der Waals surface area (Å²) in [6.07, 6.45) is 13.3. The second-order valence-corrected chi connectivity index (χ2v) is 9.08. The molecule has 126 valence electrons. The molecule has 4 aliphatic rings. The van der Waals surface area contributed by atoms with Gasteiger partial charge in [0.25, 0.3) is 0 Å². The number of carbonyl (C=O) groups excluding carboxylic acids is 1. The molecule has 2 heteroatoms. The molecular formula is C21H30O2. The summed E-state index contributed by atoms with van der Waals surface area (Å²) < 4.78 is 0. The van der Waals surface area contributed by atoms with Gasteiger partial charge in [-0.3, -0.25) is 4.79 Å². The molecule has 2 saturated carbocycles. The number of carbonyl (C=O) groups is 1. The molecule has 0 aliphatic heterocycles. The molecule has 0 saturated heterocycles. The van der Waals surface area contributed by atoms with Crippen LogP contribution in [-0.4, -0.2) is 17.0 Å². The van der Waals surface area contributed by atoms with E-state index in [1.54, 1.807) is 6.92 Å². The Morgan fingerprint density at radius 1 is 1.13 bits per heavy atom. The maximum Gasteiger partial charge on any atom is 0.133 e. The lowest BCUT2D eigenvalue weighted by atomic mass is 9.48. The predicted molar refractivity (Wildman–Crippen MR) is 91.8 cm³/mol. The highest BCUT2D eigenvalue weighted by molar-refractivity contribution is 5.79. The normalized spacial score (nSPS) is 51.5. The van der Waals surface area contributed by atoms with Gasteiger partial charge in [0, 0.05) is 5.92 Å². The first kappa shape index (κ1) is 15.6. The Labute approximate surface area is 140 Å². The number of ketones is 1. The molecule has 0 aromatic rings. The van der Waals surface area contributed by atoms with Gasteiger partial charge in [0.2, 0.25) is 0 Å². The molecule has 0 spiro atoms. The van der Waals surface area contributed by atoms with Crippen LogP contribution in [0.15, 0.2) is 23.8 Å². The number of fused-ring (bicyclic) bond motifs is 5. The molecule has 0 bridgehead atoms. The van der Waals surface area contributed by atoms with Crippen molar-refractivity contribution in [1.29, 1.82) is 0 Å². The Morgan fingerprint density at radius 2 is 1.91 bits per heavy atom. The quantitative estimate of drug-likeness (QED) is 0.784. The van der Waals surface area contributed by atoms with Crippen molar-refractivity contribution in [3.63, 3.8) is 0 Å². The van der Waals surface area contributed by atoms with Crippen LogP contribution in [-0.2, 0) is 4.79 Å². The van der Waals surface area contributed by atoms with E-state index in [1.165, 1.54) is 24.8 Å². The van der Waals surface area contributed by atoms with Crippen molar-refractivity contribution in [1.82, 2.24) is 0 Å². The Morgan fingerprint density at radius 3 is 2.65 bits per heavy atom. The van der Waals surface area contributed by atoms with Crippen LogP contribution in [0.1, 0.15) is 59.3 Å². The van der Waals surface area contributed by atoms with E-state index in [-0.39, 0.29) is 22.9 Å². The standard InChI is InChI=1S/C21H30O2/c1-13(22)17-6-7-18-16-5-4-14-12-15(23)8-10-20(14,2)19(16)9-11-21(17,18)3/h4-5,12,15-19,23H,6-11H2,1-3H3/t15?,16-,17+,18-,19-,20-,21+/m0/s1. The lowest BCUT2D eigenvalue weighted by Gasteiger charge is -2.56. The molecule has 0 amide bonds. The average Bonchev–Trinajstić information content (AvgIpc) is 2.85. The topological polar surface area (TPSA) is 37.3 Å². The molecule has 4 rings (SSSR count). The maximum absolute atomic E-state index is 12.1. The molecule has 1 N–H and O–H groups in total. The largest absolute Gasteiger partial charge is 0.389 e. The van der Waals surface area contributed by atoms with Crippen molar-refractivity contribution in [2.24, 2.45) is 34.5 Å². The van der Waals surface area contributed by atoms with Gasteiger partial charge in [0.15, 0.2) is 0 Å². The minimum absolute atomic E-state index is 0.211. The van der Waals surface area contributed by atoms with Crippen molar-refractivity contribution >= 4 is 5.78 Å². The Balaban J connectivity index is 1.71. The van der Waals surface area contributed by atoms with Gasteiger partial charge in [0.1, 0.15) is 5.78 Å². The van der Waals surface area contributed by atoms with Crippen molar-refractivity contribution in [2.45, 2.75) is 65.4 Å². The predicted octanol–water partition coefficient (Wildman–Crippen LogP) is 4.29.